The molecule has 126 valence electrons. The Morgan fingerprint density at radius 2 is 1.91 bits per heavy atom. The Morgan fingerprint density at radius 3 is 2.70 bits per heavy atom. The summed E-state index contributed by atoms with van der Waals surface area (Å²) in [4.78, 5) is 12.5. The van der Waals surface area contributed by atoms with Crippen molar-refractivity contribution in [2.45, 2.75) is 38.2 Å². The number of ether oxygens (including phenoxy) is 1. The number of amides is 1. The lowest BCUT2D eigenvalue weighted by atomic mass is 9.89. The smallest absolute Gasteiger partial charge is 0.223 e. The minimum atomic E-state index is 0.0964. The van der Waals surface area contributed by atoms with Gasteiger partial charge in [-0.2, -0.15) is 0 Å². The summed E-state index contributed by atoms with van der Waals surface area (Å²) in [6.45, 7) is 2.13. The molecule has 4 heteroatoms. The van der Waals surface area contributed by atoms with Crippen LogP contribution >= 0.6 is 0 Å². The highest BCUT2D eigenvalue weighted by Gasteiger charge is 2.33. The van der Waals surface area contributed by atoms with Crippen LogP contribution < -0.4 is 11.1 Å². The second-order valence-corrected chi connectivity index (χ2v) is 6.88. The van der Waals surface area contributed by atoms with E-state index in [2.05, 4.69) is 17.4 Å². The minimum Gasteiger partial charge on any atom is -0.373 e. The van der Waals surface area contributed by atoms with E-state index in [0.29, 0.717) is 24.9 Å². The maximum Gasteiger partial charge on any atom is 0.223 e. The molecule has 2 fully saturated rings. The number of nitrogens with one attached hydrogen (secondary N) is 1. The first-order valence-electron chi connectivity index (χ1n) is 8.94. The zero-order valence-corrected chi connectivity index (χ0v) is 13.7. The number of hydrogen-bond donors (Lipinski definition) is 2. The van der Waals surface area contributed by atoms with E-state index < -0.39 is 0 Å². The van der Waals surface area contributed by atoms with Gasteiger partial charge in [-0.25, -0.2) is 0 Å². The van der Waals surface area contributed by atoms with Crippen LogP contribution in [0.2, 0.25) is 0 Å². The Bertz CT molecular complexity index is 505. The van der Waals surface area contributed by atoms with Crippen molar-refractivity contribution in [3.8, 4) is 0 Å². The van der Waals surface area contributed by atoms with Gasteiger partial charge < -0.3 is 15.8 Å². The zero-order chi connectivity index (χ0) is 16.1. The van der Waals surface area contributed by atoms with E-state index in [0.717, 1.165) is 38.7 Å². The summed E-state index contributed by atoms with van der Waals surface area (Å²) in [5.41, 5.74) is 7.01. The fourth-order valence-electron chi connectivity index (χ4n) is 4.09. The molecule has 1 aromatic rings. The summed E-state index contributed by atoms with van der Waals surface area (Å²) in [7, 11) is 0. The van der Waals surface area contributed by atoms with Crippen molar-refractivity contribution >= 4 is 5.91 Å². The number of benzene rings is 1. The van der Waals surface area contributed by atoms with Gasteiger partial charge in [-0.1, -0.05) is 36.8 Å². The standard InChI is InChI=1S/C19H28N2O2/c20-12-15-8-4-10-17(15)19(22)21-13-16-9-5-11-23-18(16)14-6-2-1-3-7-14/h1-3,6-7,15-18H,4-5,8-13,20H2,(H,21,22)/t15-,16?,17-,18?/m1/s1. The van der Waals surface area contributed by atoms with Crippen molar-refractivity contribution in [3.63, 3.8) is 0 Å². The quantitative estimate of drug-likeness (QED) is 0.878. The van der Waals surface area contributed by atoms with Crippen molar-refractivity contribution in [1.82, 2.24) is 5.32 Å². The van der Waals surface area contributed by atoms with Gasteiger partial charge in [0.1, 0.15) is 0 Å². The van der Waals surface area contributed by atoms with Crippen LogP contribution in [-0.4, -0.2) is 25.6 Å². The van der Waals surface area contributed by atoms with Crippen LogP contribution in [0.4, 0.5) is 0 Å². The number of carbonyl (C=O) groups excluding carboxylic acids is 1. The molecule has 0 radical (unpaired) electrons. The van der Waals surface area contributed by atoms with E-state index >= 15 is 0 Å². The van der Waals surface area contributed by atoms with Crippen molar-refractivity contribution in [2.75, 3.05) is 19.7 Å². The molecule has 1 saturated heterocycles. The molecule has 0 bridgehead atoms. The van der Waals surface area contributed by atoms with Gasteiger partial charge in [0.25, 0.3) is 0 Å². The third kappa shape index (κ3) is 3.93. The Kier molecular flexibility index (Phi) is 5.68. The summed E-state index contributed by atoms with van der Waals surface area (Å²) in [5, 5.41) is 3.18. The molecule has 1 saturated carbocycles. The second kappa shape index (κ2) is 7.93. The first-order chi connectivity index (χ1) is 11.3. The Morgan fingerprint density at radius 1 is 1.13 bits per heavy atom. The van der Waals surface area contributed by atoms with Crippen molar-refractivity contribution < 1.29 is 9.53 Å². The molecule has 23 heavy (non-hydrogen) atoms. The van der Waals surface area contributed by atoms with Gasteiger partial charge in [0, 0.05) is 25.0 Å². The van der Waals surface area contributed by atoms with Crippen LogP contribution in [0, 0.1) is 17.8 Å². The van der Waals surface area contributed by atoms with Crippen LogP contribution in [0.15, 0.2) is 30.3 Å². The third-order valence-electron chi connectivity index (χ3n) is 5.41. The minimum absolute atomic E-state index is 0.0964. The molecule has 1 aliphatic carbocycles. The van der Waals surface area contributed by atoms with Crippen LogP contribution in [0.25, 0.3) is 0 Å². The Hall–Kier alpha value is -1.39. The van der Waals surface area contributed by atoms with Gasteiger partial charge in [0.15, 0.2) is 0 Å². The van der Waals surface area contributed by atoms with Gasteiger partial charge >= 0.3 is 0 Å². The summed E-state index contributed by atoms with van der Waals surface area (Å²) >= 11 is 0. The maximum absolute atomic E-state index is 12.5. The van der Waals surface area contributed by atoms with Crippen LogP contribution in [0.1, 0.15) is 43.8 Å². The SMILES string of the molecule is NC[C@H]1CCC[C@H]1C(=O)NCC1CCCOC1c1ccccc1. The molecule has 2 unspecified atom stereocenters. The molecule has 0 aromatic heterocycles. The molecule has 3 N–H and O–H groups in total. The van der Waals surface area contributed by atoms with E-state index in [4.69, 9.17) is 10.5 Å². The average molecular weight is 316 g/mol. The highest BCUT2D eigenvalue weighted by Crippen LogP contribution is 2.34. The number of rotatable bonds is 5. The predicted molar refractivity (Wildman–Crippen MR) is 90.8 cm³/mol. The monoisotopic (exact) mass is 316 g/mol. The topological polar surface area (TPSA) is 64.4 Å². The van der Waals surface area contributed by atoms with E-state index in [1.165, 1.54) is 5.56 Å². The highest BCUT2D eigenvalue weighted by molar-refractivity contribution is 5.79. The van der Waals surface area contributed by atoms with E-state index in [9.17, 15) is 4.79 Å². The lowest BCUT2D eigenvalue weighted by Crippen LogP contribution is -2.40. The molecule has 4 nitrogen and oxygen atoms in total. The van der Waals surface area contributed by atoms with Gasteiger partial charge in [-0.15, -0.1) is 0 Å². The normalized spacial score (nSPS) is 31.0. The molecule has 0 spiro atoms. The third-order valence-corrected chi connectivity index (χ3v) is 5.41. The van der Waals surface area contributed by atoms with E-state index in [1.807, 2.05) is 18.2 Å². The summed E-state index contributed by atoms with van der Waals surface area (Å²) < 4.78 is 6.01. The van der Waals surface area contributed by atoms with Crippen LogP contribution in [0.5, 0.6) is 0 Å². The first-order valence-corrected chi connectivity index (χ1v) is 8.94. The molecule has 3 rings (SSSR count). The number of hydrogen-bond acceptors (Lipinski definition) is 3. The average Bonchev–Trinajstić information content (AvgIpc) is 3.09. The molecule has 2 aliphatic rings. The molecule has 1 aliphatic heterocycles. The number of nitrogens with two attached hydrogens (primary N) is 1. The predicted octanol–water partition coefficient (Wildman–Crippen LogP) is 2.65. The molecule has 1 heterocycles. The van der Waals surface area contributed by atoms with Crippen molar-refractivity contribution in [3.05, 3.63) is 35.9 Å². The fraction of sp³-hybridized carbons (Fsp3) is 0.632. The number of carbonyl (C=O) groups is 1. The van der Waals surface area contributed by atoms with E-state index in [-0.39, 0.29) is 17.9 Å². The lowest BCUT2D eigenvalue weighted by molar-refractivity contribution is -0.126. The molecule has 1 amide bonds. The lowest BCUT2D eigenvalue weighted by Gasteiger charge is -2.32. The molecule has 1 aromatic carbocycles. The fourth-order valence-corrected chi connectivity index (χ4v) is 4.09. The van der Waals surface area contributed by atoms with Gasteiger partial charge in [0.2, 0.25) is 5.91 Å². The van der Waals surface area contributed by atoms with Crippen LogP contribution in [-0.2, 0) is 9.53 Å². The second-order valence-electron chi connectivity index (χ2n) is 6.88. The van der Waals surface area contributed by atoms with Gasteiger partial charge in [-0.05, 0) is 43.7 Å². The molecule has 4 atom stereocenters. The van der Waals surface area contributed by atoms with Gasteiger partial charge in [0.05, 0.1) is 6.10 Å². The van der Waals surface area contributed by atoms with E-state index in [1.54, 1.807) is 0 Å². The summed E-state index contributed by atoms with van der Waals surface area (Å²) in [5.74, 6) is 1.02. The Balaban J connectivity index is 1.58. The summed E-state index contributed by atoms with van der Waals surface area (Å²) in [6, 6.07) is 10.4. The maximum atomic E-state index is 12.5. The summed E-state index contributed by atoms with van der Waals surface area (Å²) in [6.07, 6.45) is 5.46. The zero-order valence-electron chi connectivity index (χ0n) is 13.7. The Labute approximate surface area is 138 Å². The molecular weight excluding hydrogens is 288 g/mol. The van der Waals surface area contributed by atoms with Crippen molar-refractivity contribution in [1.29, 1.82) is 0 Å². The first kappa shape index (κ1) is 16.5. The van der Waals surface area contributed by atoms with Crippen molar-refractivity contribution in [2.24, 2.45) is 23.5 Å². The molecular formula is C19H28N2O2. The highest BCUT2D eigenvalue weighted by atomic mass is 16.5. The largest absolute Gasteiger partial charge is 0.373 e. The van der Waals surface area contributed by atoms with Gasteiger partial charge in [-0.3, -0.25) is 4.79 Å². The van der Waals surface area contributed by atoms with Crippen LogP contribution in [0.3, 0.4) is 0 Å².